The molecule has 0 unspecified atom stereocenters. The van der Waals surface area contributed by atoms with Crippen LogP contribution in [0.15, 0.2) is 34.8 Å². The minimum atomic E-state index is 0.698. The number of aryl methyl sites for hydroxylation is 1. The number of nitrogens with zero attached hydrogens (tertiary/aromatic N) is 2. The van der Waals surface area contributed by atoms with Gasteiger partial charge in [-0.25, -0.2) is 4.68 Å². The molecule has 0 bridgehead atoms. The van der Waals surface area contributed by atoms with Crippen molar-refractivity contribution in [2.75, 3.05) is 0 Å². The molecule has 0 radical (unpaired) electrons. The first kappa shape index (κ1) is 12.7. The Morgan fingerprint density at radius 1 is 1.35 bits per heavy atom. The van der Waals surface area contributed by atoms with Gasteiger partial charge in [-0.1, -0.05) is 59.1 Å². The minimum Gasteiger partial charge on any atom is -0.249 e. The molecular weight excluding hydrogens is 300 g/mol. The van der Waals surface area contributed by atoms with Crippen molar-refractivity contribution < 1.29 is 0 Å². The predicted octanol–water partition coefficient (Wildman–Crippen LogP) is 4.30. The molecule has 0 saturated heterocycles. The lowest BCUT2D eigenvalue weighted by Crippen LogP contribution is -2.03. The fraction of sp³-hybridized carbons (Fsp3) is 0.308. The largest absolute Gasteiger partial charge is 0.249 e. The number of halogens is 2. The summed E-state index contributed by atoms with van der Waals surface area (Å²) in [6, 6.07) is 10.1. The van der Waals surface area contributed by atoms with E-state index in [0.29, 0.717) is 11.7 Å². The summed E-state index contributed by atoms with van der Waals surface area (Å²) in [4.78, 5) is 0. The highest BCUT2D eigenvalue weighted by atomic mass is 79.9. The van der Waals surface area contributed by atoms with E-state index in [1.54, 1.807) is 0 Å². The van der Waals surface area contributed by atoms with Crippen LogP contribution >= 0.6 is 27.5 Å². The first-order valence-electron chi connectivity index (χ1n) is 5.66. The van der Waals surface area contributed by atoms with E-state index < -0.39 is 0 Å². The van der Waals surface area contributed by atoms with Crippen LogP contribution in [0.5, 0.6) is 0 Å². The van der Waals surface area contributed by atoms with E-state index in [2.05, 4.69) is 34.0 Å². The zero-order valence-corrected chi connectivity index (χ0v) is 12.0. The summed E-state index contributed by atoms with van der Waals surface area (Å²) in [5.41, 5.74) is 2.24. The predicted molar refractivity (Wildman–Crippen MR) is 74.5 cm³/mol. The maximum absolute atomic E-state index is 6.17. The minimum absolute atomic E-state index is 0.698. The Morgan fingerprint density at radius 3 is 2.82 bits per heavy atom. The summed E-state index contributed by atoms with van der Waals surface area (Å²) in [5, 5.41) is 5.20. The van der Waals surface area contributed by atoms with Gasteiger partial charge in [-0.3, -0.25) is 0 Å². The molecule has 0 aliphatic carbocycles. The van der Waals surface area contributed by atoms with Gasteiger partial charge in [0, 0.05) is 4.47 Å². The standard InChI is InChI=1S/C13H14BrClN2/c1-2-5-11-8-13(15)17(16-11)9-10-6-3-4-7-12(10)14/h3-4,6-8H,2,5,9H2,1H3. The maximum atomic E-state index is 6.17. The average molecular weight is 314 g/mol. The Balaban J connectivity index is 2.21. The number of rotatable bonds is 4. The van der Waals surface area contributed by atoms with Crippen LogP contribution in [-0.2, 0) is 13.0 Å². The fourth-order valence-corrected chi connectivity index (χ4v) is 2.35. The number of benzene rings is 1. The van der Waals surface area contributed by atoms with Gasteiger partial charge >= 0.3 is 0 Å². The Labute approximate surface area is 115 Å². The van der Waals surface area contributed by atoms with Crippen molar-refractivity contribution in [1.29, 1.82) is 0 Å². The van der Waals surface area contributed by atoms with Gasteiger partial charge in [-0.05, 0) is 24.1 Å². The molecule has 0 aliphatic heterocycles. The van der Waals surface area contributed by atoms with Crippen molar-refractivity contribution in [3.05, 3.63) is 51.2 Å². The molecular formula is C13H14BrClN2. The van der Waals surface area contributed by atoms with E-state index >= 15 is 0 Å². The fourth-order valence-electron chi connectivity index (χ4n) is 1.72. The molecule has 4 heteroatoms. The Bertz CT molecular complexity index is 508. The Morgan fingerprint density at radius 2 is 2.12 bits per heavy atom. The van der Waals surface area contributed by atoms with Gasteiger partial charge < -0.3 is 0 Å². The quantitative estimate of drug-likeness (QED) is 0.823. The van der Waals surface area contributed by atoms with E-state index in [4.69, 9.17) is 11.6 Å². The first-order chi connectivity index (χ1) is 8.20. The third-order valence-corrected chi connectivity index (χ3v) is 3.64. The van der Waals surface area contributed by atoms with Crippen molar-refractivity contribution in [2.24, 2.45) is 0 Å². The van der Waals surface area contributed by atoms with Crippen molar-refractivity contribution in [3.8, 4) is 0 Å². The highest BCUT2D eigenvalue weighted by Crippen LogP contribution is 2.20. The zero-order valence-electron chi connectivity index (χ0n) is 9.66. The third kappa shape index (κ3) is 3.11. The van der Waals surface area contributed by atoms with E-state index in [-0.39, 0.29) is 0 Å². The molecule has 2 aromatic rings. The SMILES string of the molecule is CCCc1cc(Cl)n(Cc2ccccc2Br)n1. The average Bonchev–Trinajstić information content (AvgIpc) is 2.63. The first-order valence-corrected chi connectivity index (χ1v) is 6.83. The smallest absolute Gasteiger partial charge is 0.127 e. The molecule has 0 fully saturated rings. The molecule has 0 amide bonds. The van der Waals surface area contributed by atoms with Gasteiger partial charge in [0.25, 0.3) is 0 Å². The van der Waals surface area contributed by atoms with E-state index in [9.17, 15) is 0 Å². The van der Waals surface area contributed by atoms with Gasteiger partial charge in [-0.2, -0.15) is 5.10 Å². The molecule has 1 aromatic heterocycles. The highest BCUT2D eigenvalue weighted by Gasteiger charge is 2.07. The molecule has 0 saturated carbocycles. The maximum Gasteiger partial charge on any atom is 0.127 e. The monoisotopic (exact) mass is 312 g/mol. The second-order valence-corrected chi connectivity index (χ2v) is 5.20. The van der Waals surface area contributed by atoms with E-state index in [1.807, 2.05) is 28.9 Å². The Kier molecular flexibility index (Phi) is 4.24. The molecule has 17 heavy (non-hydrogen) atoms. The van der Waals surface area contributed by atoms with E-state index in [0.717, 1.165) is 23.0 Å². The lowest BCUT2D eigenvalue weighted by Gasteiger charge is -2.05. The van der Waals surface area contributed by atoms with Crippen LogP contribution in [0.25, 0.3) is 0 Å². The number of hydrogen-bond acceptors (Lipinski definition) is 1. The lowest BCUT2D eigenvalue weighted by molar-refractivity contribution is 0.667. The molecule has 1 aromatic carbocycles. The normalized spacial score (nSPS) is 10.8. The van der Waals surface area contributed by atoms with Crippen LogP contribution in [0.2, 0.25) is 5.15 Å². The van der Waals surface area contributed by atoms with Crippen LogP contribution in [0, 0.1) is 0 Å². The second kappa shape index (κ2) is 5.69. The summed E-state index contributed by atoms with van der Waals surface area (Å²) in [5.74, 6) is 0. The summed E-state index contributed by atoms with van der Waals surface area (Å²) in [6.45, 7) is 2.84. The second-order valence-electron chi connectivity index (χ2n) is 3.96. The van der Waals surface area contributed by atoms with Crippen LogP contribution < -0.4 is 0 Å². The molecule has 0 aliphatic rings. The number of hydrogen-bond donors (Lipinski definition) is 0. The van der Waals surface area contributed by atoms with Crippen LogP contribution in [0.3, 0.4) is 0 Å². The van der Waals surface area contributed by atoms with Gasteiger partial charge in [0.05, 0.1) is 12.2 Å². The van der Waals surface area contributed by atoms with Crippen LogP contribution in [0.4, 0.5) is 0 Å². The van der Waals surface area contributed by atoms with Crippen molar-refractivity contribution in [3.63, 3.8) is 0 Å². The molecule has 0 spiro atoms. The lowest BCUT2D eigenvalue weighted by atomic mass is 10.2. The number of aromatic nitrogens is 2. The summed E-state index contributed by atoms with van der Waals surface area (Å²) >= 11 is 9.70. The molecule has 0 atom stereocenters. The Hall–Kier alpha value is -0.800. The molecule has 2 nitrogen and oxygen atoms in total. The third-order valence-electron chi connectivity index (χ3n) is 2.57. The highest BCUT2D eigenvalue weighted by molar-refractivity contribution is 9.10. The molecule has 0 N–H and O–H groups in total. The van der Waals surface area contributed by atoms with Crippen molar-refractivity contribution in [2.45, 2.75) is 26.3 Å². The topological polar surface area (TPSA) is 17.8 Å². The molecule has 1 heterocycles. The summed E-state index contributed by atoms with van der Waals surface area (Å²) in [7, 11) is 0. The van der Waals surface area contributed by atoms with Crippen LogP contribution in [-0.4, -0.2) is 9.78 Å². The van der Waals surface area contributed by atoms with Gasteiger partial charge in [0.15, 0.2) is 0 Å². The van der Waals surface area contributed by atoms with Gasteiger partial charge in [-0.15, -0.1) is 0 Å². The summed E-state index contributed by atoms with van der Waals surface area (Å²) in [6.07, 6.45) is 2.06. The van der Waals surface area contributed by atoms with Gasteiger partial charge in [0.1, 0.15) is 5.15 Å². The van der Waals surface area contributed by atoms with Crippen LogP contribution in [0.1, 0.15) is 24.6 Å². The van der Waals surface area contributed by atoms with Gasteiger partial charge in [0.2, 0.25) is 0 Å². The van der Waals surface area contributed by atoms with Crippen molar-refractivity contribution in [1.82, 2.24) is 9.78 Å². The molecule has 90 valence electrons. The van der Waals surface area contributed by atoms with Crippen molar-refractivity contribution >= 4 is 27.5 Å². The molecule has 2 rings (SSSR count). The van der Waals surface area contributed by atoms with E-state index in [1.165, 1.54) is 5.56 Å². The zero-order chi connectivity index (χ0) is 12.3. The summed E-state index contributed by atoms with van der Waals surface area (Å²) < 4.78 is 2.93.